The van der Waals surface area contributed by atoms with E-state index in [1.54, 1.807) is 0 Å². The topological polar surface area (TPSA) is 60.2 Å². The van der Waals surface area contributed by atoms with Crippen molar-refractivity contribution >= 4 is 6.01 Å². The maximum absolute atomic E-state index is 5.77. The second-order valence-electron chi connectivity index (χ2n) is 6.30. The van der Waals surface area contributed by atoms with Crippen LogP contribution >= 0.6 is 0 Å². The Morgan fingerprint density at radius 2 is 2.17 bits per heavy atom. The van der Waals surface area contributed by atoms with Gasteiger partial charge in [0.1, 0.15) is 0 Å². The molecule has 0 amide bonds. The largest absolute Gasteiger partial charge is 0.377 e. The van der Waals surface area contributed by atoms with Crippen molar-refractivity contribution < 1.29 is 9.26 Å². The summed E-state index contributed by atoms with van der Waals surface area (Å²) in [5, 5.41) is 7.38. The van der Waals surface area contributed by atoms with Gasteiger partial charge in [0.05, 0.1) is 6.10 Å². The number of hydrogen-bond donors (Lipinski definition) is 1. The molecule has 0 aromatic carbocycles. The van der Waals surface area contributed by atoms with Gasteiger partial charge in [0.2, 0.25) is 0 Å². The fourth-order valence-corrected chi connectivity index (χ4v) is 3.28. The van der Waals surface area contributed by atoms with Crippen molar-refractivity contribution in [1.82, 2.24) is 10.1 Å². The highest BCUT2D eigenvalue weighted by Crippen LogP contribution is 2.53. The van der Waals surface area contributed by atoms with Crippen LogP contribution in [-0.4, -0.2) is 28.9 Å². The second-order valence-corrected chi connectivity index (χ2v) is 6.30. The van der Waals surface area contributed by atoms with Crippen molar-refractivity contribution in [2.45, 2.75) is 52.2 Å². The summed E-state index contributed by atoms with van der Waals surface area (Å²) in [6.45, 7) is 9.46. The third-order valence-electron chi connectivity index (χ3n) is 4.34. The predicted octanol–water partition coefficient (Wildman–Crippen LogP) is 2.42. The molecule has 18 heavy (non-hydrogen) atoms. The molecule has 5 heteroatoms. The molecule has 0 spiro atoms. The zero-order valence-corrected chi connectivity index (χ0v) is 11.4. The number of rotatable bonds is 3. The molecular formula is C13H21N3O2. The Morgan fingerprint density at radius 1 is 1.39 bits per heavy atom. The molecule has 3 rings (SSSR count). The Kier molecular flexibility index (Phi) is 2.62. The van der Waals surface area contributed by atoms with Gasteiger partial charge in [0.15, 0.2) is 5.82 Å². The van der Waals surface area contributed by atoms with Crippen molar-refractivity contribution in [3.63, 3.8) is 0 Å². The maximum atomic E-state index is 5.77. The minimum atomic E-state index is 0.133. The van der Waals surface area contributed by atoms with Gasteiger partial charge >= 0.3 is 6.01 Å². The summed E-state index contributed by atoms with van der Waals surface area (Å²) in [7, 11) is 0. The van der Waals surface area contributed by atoms with Gasteiger partial charge in [-0.05, 0) is 6.42 Å². The zero-order chi connectivity index (χ0) is 12.9. The van der Waals surface area contributed by atoms with E-state index < -0.39 is 0 Å². The number of nitrogens with zero attached hydrogens (tertiary/aromatic N) is 2. The van der Waals surface area contributed by atoms with Crippen LogP contribution < -0.4 is 5.32 Å². The first-order chi connectivity index (χ1) is 8.50. The monoisotopic (exact) mass is 251 g/mol. The van der Waals surface area contributed by atoms with Gasteiger partial charge < -0.3 is 14.6 Å². The summed E-state index contributed by atoms with van der Waals surface area (Å²) in [5.74, 6) is 1.63. The first-order valence-electron chi connectivity index (χ1n) is 6.72. The first-order valence-corrected chi connectivity index (χ1v) is 6.72. The van der Waals surface area contributed by atoms with Gasteiger partial charge in [-0.25, -0.2) is 0 Å². The van der Waals surface area contributed by atoms with Gasteiger partial charge in [0, 0.05) is 29.9 Å². The minimum absolute atomic E-state index is 0.133. The number of nitrogens with one attached hydrogen (secondary N) is 1. The lowest BCUT2D eigenvalue weighted by Crippen LogP contribution is -2.63. The highest BCUT2D eigenvalue weighted by atomic mass is 16.5. The lowest BCUT2D eigenvalue weighted by Gasteiger charge is -2.54. The van der Waals surface area contributed by atoms with Crippen LogP contribution in [0.1, 0.15) is 45.9 Å². The molecule has 0 unspecified atom stereocenters. The fourth-order valence-electron chi connectivity index (χ4n) is 3.28. The summed E-state index contributed by atoms with van der Waals surface area (Å²) < 4.78 is 11.0. The average molecular weight is 251 g/mol. The number of aromatic nitrogens is 2. The third kappa shape index (κ3) is 1.64. The molecule has 0 bridgehead atoms. The Hall–Kier alpha value is -1.10. The van der Waals surface area contributed by atoms with Crippen molar-refractivity contribution in [3.05, 3.63) is 5.82 Å². The number of ether oxygens (including phenoxy) is 1. The Balaban J connectivity index is 1.72. The molecule has 1 N–H and O–H groups in total. The average Bonchev–Trinajstić information content (AvgIpc) is 2.94. The molecule has 5 nitrogen and oxygen atoms in total. The molecule has 1 aliphatic heterocycles. The van der Waals surface area contributed by atoms with Crippen LogP contribution in [0.4, 0.5) is 6.01 Å². The van der Waals surface area contributed by atoms with Gasteiger partial charge in [-0.1, -0.05) is 32.9 Å². The highest BCUT2D eigenvalue weighted by molar-refractivity contribution is 5.29. The van der Waals surface area contributed by atoms with E-state index in [9.17, 15) is 0 Å². The summed E-state index contributed by atoms with van der Waals surface area (Å²) >= 11 is 0. The van der Waals surface area contributed by atoms with Gasteiger partial charge in [-0.3, -0.25) is 0 Å². The molecule has 2 heterocycles. The molecule has 1 aromatic heterocycles. The highest BCUT2D eigenvalue weighted by Gasteiger charge is 2.59. The van der Waals surface area contributed by atoms with Crippen LogP contribution in [0, 0.1) is 11.3 Å². The van der Waals surface area contributed by atoms with E-state index in [2.05, 4.69) is 43.2 Å². The van der Waals surface area contributed by atoms with E-state index in [1.807, 2.05) is 0 Å². The fraction of sp³-hybridized carbons (Fsp3) is 0.846. The summed E-state index contributed by atoms with van der Waals surface area (Å²) in [6, 6.07) is 0.910. The van der Waals surface area contributed by atoms with E-state index in [4.69, 9.17) is 9.26 Å². The molecule has 1 saturated carbocycles. The molecule has 2 aliphatic rings. The Bertz CT molecular complexity index is 441. The van der Waals surface area contributed by atoms with E-state index in [1.165, 1.54) is 0 Å². The molecule has 1 aromatic rings. The SMILES string of the molecule is CC(C)c1noc(N[C@@H]2[C@@H]3CCO[C@@H]3C2(C)C)n1. The summed E-state index contributed by atoms with van der Waals surface area (Å²) in [4.78, 5) is 4.38. The molecule has 3 atom stereocenters. The Labute approximate surface area is 107 Å². The molecule has 1 aliphatic carbocycles. The van der Waals surface area contributed by atoms with Crippen LogP contribution in [-0.2, 0) is 4.74 Å². The summed E-state index contributed by atoms with van der Waals surface area (Å²) in [6.07, 6.45) is 1.50. The van der Waals surface area contributed by atoms with Crippen LogP contribution in [0.3, 0.4) is 0 Å². The minimum Gasteiger partial charge on any atom is -0.377 e. The lowest BCUT2D eigenvalue weighted by molar-refractivity contribution is -0.0929. The standard InChI is InChI=1S/C13H21N3O2/c1-7(2)11-15-12(18-16-11)14-9-8-5-6-17-10(8)13(9,3)4/h7-10H,5-6H2,1-4H3,(H,14,15,16)/t8-,9+,10-/m0/s1. The lowest BCUT2D eigenvalue weighted by atomic mass is 9.57. The van der Waals surface area contributed by atoms with Gasteiger partial charge in [-0.2, -0.15) is 4.98 Å². The van der Waals surface area contributed by atoms with Crippen molar-refractivity contribution in [2.24, 2.45) is 11.3 Å². The van der Waals surface area contributed by atoms with Crippen LogP contribution in [0.5, 0.6) is 0 Å². The normalized spacial score (nSPS) is 33.3. The molecule has 100 valence electrons. The van der Waals surface area contributed by atoms with Crippen molar-refractivity contribution in [1.29, 1.82) is 0 Å². The molecule has 1 saturated heterocycles. The number of fused-ring (bicyclic) bond motifs is 1. The van der Waals surface area contributed by atoms with E-state index >= 15 is 0 Å². The maximum Gasteiger partial charge on any atom is 0.321 e. The van der Waals surface area contributed by atoms with Gasteiger partial charge in [0.25, 0.3) is 0 Å². The number of hydrogen-bond acceptors (Lipinski definition) is 5. The smallest absolute Gasteiger partial charge is 0.321 e. The molecule has 0 radical (unpaired) electrons. The van der Waals surface area contributed by atoms with E-state index in [0.29, 0.717) is 30.0 Å². The number of anilines is 1. The van der Waals surface area contributed by atoms with Crippen LogP contribution in [0.2, 0.25) is 0 Å². The van der Waals surface area contributed by atoms with Crippen molar-refractivity contribution in [3.8, 4) is 0 Å². The Morgan fingerprint density at radius 3 is 2.83 bits per heavy atom. The van der Waals surface area contributed by atoms with Crippen molar-refractivity contribution in [2.75, 3.05) is 11.9 Å². The third-order valence-corrected chi connectivity index (χ3v) is 4.34. The van der Waals surface area contributed by atoms with Crippen LogP contribution in [0.25, 0.3) is 0 Å². The quantitative estimate of drug-likeness (QED) is 0.894. The van der Waals surface area contributed by atoms with Gasteiger partial charge in [-0.15, -0.1) is 0 Å². The van der Waals surface area contributed by atoms with E-state index in [0.717, 1.165) is 18.9 Å². The first kappa shape index (κ1) is 12.0. The molecular weight excluding hydrogens is 230 g/mol. The molecule has 2 fully saturated rings. The second kappa shape index (κ2) is 3.95. The summed E-state index contributed by atoms with van der Waals surface area (Å²) in [5.41, 5.74) is 0.133. The zero-order valence-electron chi connectivity index (χ0n) is 11.4. The van der Waals surface area contributed by atoms with E-state index in [-0.39, 0.29) is 5.41 Å². The predicted molar refractivity (Wildman–Crippen MR) is 67.4 cm³/mol. The van der Waals surface area contributed by atoms with Crippen LogP contribution in [0.15, 0.2) is 4.52 Å².